The molecule has 1 saturated heterocycles. The molecule has 366 valence electrons. The summed E-state index contributed by atoms with van der Waals surface area (Å²) >= 11 is 0. The molecule has 4 amide bonds. The first-order valence-corrected chi connectivity index (χ1v) is 23.2. The number of hydrogen-bond acceptors (Lipinski definition) is 12. The van der Waals surface area contributed by atoms with E-state index in [2.05, 4.69) is 43.8 Å². The molecule has 16 nitrogen and oxygen atoms in total. The van der Waals surface area contributed by atoms with Crippen LogP contribution >= 0.6 is 0 Å². The van der Waals surface area contributed by atoms with Gasteiger partial charge in [0.25, 0.3) is 0 Å². The van der Waals surface area contributed by atoms with Crippen molar-refractivity contribution < 1.29 is 38.1 Å². The molecule has 3 N–H and O–H groups in total. The largest absolute Gasteiger partial charge is 0.445 e. The van der Waals surface area contributed by atoms with Crippen molar-refractivity contribution >= 4 is 24.4 Å². The number of rotatable bonds is 18. The van der Waals surface area contributed by atoms with Crippen LogP contribution in [0.4, 0.5) is 19.2 Å². The van der Waals surface area contributed by atoms with E-state index in [1.807, 2.05) is 124 Å². The number of ether oxygens (including phenoxy) is 4. The van der Waals surface area contributed by atoms with Gasteiger partial charge in [0.15, 0.2) is 0 Å². The number of pyridine rings is 2. The second-order valence-corrected chi connectivity index (χ2v) is 19.5. The molecule has 0 radical (unpaired) electrons. The van der Waals surface area contributed by atoms with Gasteiger partial charge in [-0.25, -0.2) is 19.2 Å². The lowest BCUT2D eigenvalue weighted by atomic mass is 10.1. The second kappa shape index (κ2) is 27.2. The highest BCUT2D eigenvalue weighted by Crippen LogP contribution is 2.20. The number of aromatic nitrogens is 2. The number of carbonyl (C=O) groups is 4. The molecule has 66 heavy (non-hydrogen) atoms. The molecule has 1 fully saturated rings. The molecule has 3 heterocycles. The average molecular weight is 919 g/mol. The van der Waals surface area contributed by atoms with E-state index >= 15 is 0 Å². The summed E-state index contributed by atoms with van der Waals surface area (Å²) in [5.41, 5.74) is 3.58. The van der Waals surface area contributed by atoms with Crippen molar-refractivity contribution in [3.63, 3.8) is 0 Å². The van der Waals surface area contributed by atoms with E-state index < -0.39 is 35.1 Å². The fourth-order valence-electron chi connectivity index (χ4n) is 6.73. The minimum Gasteiger partial charge on any atom is -0.445 e. The Hall–Kier alpha value is -5.48. The van der Waals surface area contributed by atoms with Gasteiger partial charge in [-0.3, -0.25) is 14.9 Å². The molecule has 1 unspecified atom stereocenters. The highest BCUT2D eigenvalue weighted by molar-refractivity contribution is 5.71. The van der Waals surface area contributed by atoms with Gasteiger partial charge in [0, 0.05) is 64.8 Å². The highest BCUT2D eigenvalue weighted by Gasteiger charge is 2.36. The van der Waals surface area contributed by atoms with Crippen LogP contribution in [-0.4, -0.2) is 124 Å². The Balaban J connectivity index is 0.000000460. The van der Waals surface area contributed by atoms with Gasteiger partial charge in [-0.1, -0.05) is 42.5 Å². The SMILES string of the molecule is Cc1cccnc1CN(CCCCNC(=O)OC(C)(C)C)CC1CN(C(=O)OCc2ccccc2)CCN1C(=O)OC(C)(C)C.Cc1cccnc1CNCCCCNC(=O)OC(C)(C)C. The fraction of sp³-hybridized carbons (Fsp3) is 0.600. The summed E-state index contributed by atoms with van der Waals surface area (Å²) in [5, 5.41) is 8.94. The Morgan fingerprint density at radius 3 is 1.77 bits per heavy atom. The smallest absolute Gasteiger partial charge is 0.410 e. The van der Waals surface area contributed by atoms with Gasteiger partial charge in [-0.05, 0) is 144 Å². The van der Waals surface area contributed by atoms with Crippen LogP contribution in [0.2, 0.25) is 0 Å². The molecule has 1 atom stereocenters. The first-order chi connectivity index (χ1) is 31.1. The predicted octanol–water partition coefficient (Wildman–Crippen LogP) is 8.54. The van der Waals surface area contributed by atoms with Crippen LogP contribution < -0.4 is 16.0 Å². The van der Waals surface area contributed by atoms with Crippen molar-refractivity contribution in [1.82, 2.24) is 40.6 Å². The van der Waals surface area contributed by atoms with Crippen LogP contribution in [-0.2, 0) is 38.6 Å². The van der Waals surface area contributed by atoms with E-state index in [4.69, 9.17) is 18.9 Å². The molecule has 1 aromatic carbocycles. The summed E-state index contributed by atoms with van der Waals surface area (Å²) < 4.78 is 21.9. The molecule has 0 spiro atoms. The Labute approximate surface area is 393 Å². The van der Waals surface area contributed by atoms with E-state index in [1.54, 1.807) is 16.0 Å². The van der Waals surface area contributed by atoms with Crippen molar-refractivity contribution in [3.05, 3.63) is 95.1 Å². The Bertz CT molecular complexity index is 1930. The summed E-state index contributed by atoms with van der Waals surface area (Å²) in [6, 6.07) is 17.2. The third-order valence-electron chi connectivity index (χ3n) is 9.96. The van der Waals surface area contributed by atoms with E-state index in [9.17, 15) is 19.2 Å². The predicted molar refractivity (Wildman–Crippen MR) is 257 cm³/mol. The van der Waals surface area contributed by atoms with E-state index in [0.29, 0.717) is 52.4 Å². The molecule has 0 saturated carbocycles. The third kappa shape index (κ3) is 23.1. The Morgan fingerprint density at radius 1 is 0.667 bits per heavy atom. The van der Waals surface area contributed by atoms with E-state index in [-0.39, 0.29) is 18.7 Å². The normalized spacial score (nSPS) is 14.2. The minimum absolute atomic E-state index is 0.180. The summed E-state index contributed by atoms with van der Waals surface area (Å²) in [7, 11) is 0. The number of alkyl carbamates (subject to hydrolysis) is 2. The first kappa shape index (κ1) is 54.9. The summed E-state index contributed by atoms with van der Waals surface area (Å²) in [4.78, 5) is 64.6. The number of nitrogens with one attached hydrogen (secondary N) is 3. The van der Waals surface area contributed by atoms with Crippen LogP contribution in [0.25, 0.3) is 0 Å². The van der Waals surface area contributed by atoms with Crippen LogP contribution in [0.15, 0.2) is 67.0 Å². The van der Waals surface area contributed by atoms with Crippen LogP contribution in [0.3, 0.4) is 0 Å². The first-order valence-electron chi connectivity index (χ1n) is 23.2. The number of aryl methyl sites for hydroxylation is 2. The molecular weight excluding hydrogens is 841 g/mol. The lowest BCUT2D eigenvalue weighted by Crippen LogP contribution is -2.60. The number of amides is 4. The van der Waals surface area contributed by atoms with Gasteiger partial charge in [0.05, 0.1) is 17.4 Å². The fourth-order valence-corrected chi connectivity index (χ4v) is 6.73. The summed E-state index contributed by atoms with van der Waals surface area (Å²) in [6.45, 7) is 26.5. The van der Waals surface area contributed by atoms with Crippen LogP contribution in [0, 0.1) is 13.8 Å². The number of unbranched alkanes of at least 4 members (excludes halogenated alkanes) is 2. The topological polar surface area (TPSA) is 177 Å². The second-order valence-electron chi connectivity index (χ2n) is 19.5. The molecule has 1 aliphatic rings. The van der Waals surface area contributed by atoms with Crippen molar-refractivity contribution in [1.29, 1.82) is 0 Å². The Kier molecular flexibility index (Phi) is 22.6. The number of carbonyl (C=O) groups excluding carboxylic acids is 4. The molecular formula is C50H78N8O8. The molecule has 16 heteroatoms. The van der Waals surface area contributed by atoms with E-state index in [0.717, 1.165) is 61.3 Å². The minimum atomic E-state index is -0.653. The summed E-state index contributed by atoms with van der Waals surface area (Å²) in [5.74, 6) is 0. The molecule has 2 aromatic heterocycles. The maximum absolute atomic E-state index is 13.4. The van der Waals surface area contributed by atoms with Crippen molar-refractivity contribution in [3.8, 4) is 0 Å². The lowest BCUT2D eigenvalue weighted by molar-refractivity contribution is -0.00946. The molecule has 0 aliphatic carbocycles. The maximum atomic E-state index is 13.4. The van der Waals surface area contributed by atoms with Gasteiger partial charge < -0.3 is 44.7 Å². The third-order valence-corrected chi connectivity index (χ3v) is 9.96. The summed E-state index contributed by atoms with van der Waals surface area (Å²) in [6.07, 6.45) is 5.47. The van der Waals surface area contributed by atoms with Crippen molar-refractivity contribution in [2.45, 2.75) is 144 Å². The molecule has 0 bridgehead atoms. The van der Waals surface area contributed by atoms with Crippen molar-refractivity contribution in [2.24, 2.45) is 0 Å². The monoisotopic (exact) mass is 919 g/mol. The van der Waals surface area contributed by atoms with Crippen molar-refractivity contribution in [2.75, 3.05) is 52.4 Å². The zero-order chi connectivity index (χ0) is 48.8. The number of hydrogen-bond donors (Lipinski definition) is 3. The van der Waals surface area contributed by atoms with Gasteiger partial charge in [0.2, 0.25) is 0 Å². The molecule has 1 aliphatic heterocycles. The quantitative estimate of drug-likeness (QED) is 0.0820. The zero-order valence-electron chi connectivity index (χ0n) is 41.5. The van der Waals surface area contributed by atoms with Gasteiger partial charge in [0.1, 0.15) is 23.4 Å². The average Bonchev–Trinajstić information content (AvgIpc) is 3.22. The standard InChI is InChI=1S/C34H51N5O6.C16H27N3O2/c1-26-14-13-18-35-29(26)24-37(19-12-11-17-36-30(40)44-33(2,3)4)22-28-23-38(20-21-39(28)32(42)45-34(5,6)7)31(41)43-25-27-15-9-8-10-16-27;1-13-8-7-11-18-14(13)12-17-9-5-6-10-19-15(20)21-16(2,3)4/h8-10,13-16,18,28H,11-12,17,19-25H2,1-7H3,(H,36,40);7-8,11,17H,5-6,9-10,12H2,1-4H3,(H,19,20). The van der Waals surface area contributed by atoms with Gasteiger partial charge >= 0.3 is 24.4 Å². The maximum Gasteiger partial charge on any atom is 0.410 e. The number of benzene rings is 1. The zero-order valence-corrected chi connectivity index (χ0v) is 41.5. The Morgan fingerprint density at radius 2 is 1.21 bits per heavy atom. The lowest BCUT2D eigenvalue weighted by Gasteiger charge is -2.43. The number of nitrogens with zero attached hydrogens (tertiary/aromatic N) is 5. The van der Waals surface area contributed by atoms with Gasteiger partial charge in [-0.15, -0.1) is 0 Å². The molecule has 3 aromatic rings. The van der Waals surface area contributed by atoms with Crippen LogP contribution in [0.5, 0.6) is 0 Å². The number of piperazine rings is 1. The van der Waals surface area contributed by atoms with Crippen LogP contribution in [0.1, 0.15) is 116 Å². The molecule has 4 rings (SSSR count). The van der Waals surface area contributed by atoms with Gasteiger partial charge in [-0.2, -0.15) is 0 Å². The van der Waals surface area contributed by atoms with E-state index in [1.165, 1.54) is 5.56 Å². The highest BCUT2D eigenvalue weighted by atomic mass is 16.6.